The van der Waals surface area contributed by atoms with Crippen LogP contribution in [0.1, 0.15) is 11.3 Å². The van der Waals surface area contributed by atoms with Gasteiger partial charge in [0.2, 0.25) is 0 Å². The quantitative estimate of drug-likeness (QED) is 0.918. The van der Waals surface area contributed by atoms with Crippen molar-refractivity contribution in [2.45, 2.75) is 13.5 Å². The van der Waals surface area contributed by atoms with Crippen LogP contribution in [0.15, 0.2) is 22.7 Å². The van der Waals surface area contributed by atoms with Crippen LogP contribution in [0.5, 0.6) is 5.75 Å². The van der Waals surface area contributed by atoms with Crippen molar-refractivity contribution < 1.29 is 4.74 Å². The van der Waals surface area contributed by atoms with Gasteiger partial charge in [0, 0.05) is 35.4 Å². The molecule has 0 aliphatic heterocycles. The van der Waals surface area contributed by atoms with E-state index in [1.165, 1.54) is 0 Å². The number of hydrogen-bond acceptors (Lipinski definition) is 3. The van der Waals surface area contributed by atoms with Gasteiger partial charge in [-0.3, -0.25) is 4.68 Å². The van der Waals surface area contributed by atoms with E-state index in [-0.39, 0.29) is 0 Å². The zero-order chi connectivity index (χ0) is 14.0. The highest BCUT2D eigenvalue weighted by molar-refractivity contribution is 9.10. The second-order valence-corrected chi connectivity index (χ2v) is 5.49. The van der Waals surface area contributed by atoms with Gasteiger partial charge in [-0.25, -0.2) is 0 Å². The van der Waals surface area contributed by atoms with Crippen molar-refractivity contribution in [1.29, 1.82) is 0 Å². The van der Waals surface area contributed by atoms with Gasteiger partial charge in [-0.2, -0.15) is 5.10 Å². The maximum atomic E-state index is 6.20. The van der Waals surface area contributed by atoms with Crippen molar-refractivity contribution >= 4 is 33.2 Å². The average molecular weight is 345 g/mol. The molecule has 19 heavy (non-hydrogen) atoms. The van der Waals surface area contributed by atoms with E-state index in [0.29, 0.717) is 11.7 Å². The fraction of sp³-hybridized carbons (Fsp3) is 0.308. The summed E-state index contributed by atoms with van der Waals surface area (Å²) in [4.78, 5) is 0. The Bertz CT molecular complexity index is 598. The van der Waals surface area contributed by atoms with Gasteiger partial charge in [0.1, 0.15) is 10.9 Å². The fourth-order valence-electron chi connectivity index (χ4n) is 1.85. The lowest BCUT2D eigenvalue weighted by molar-refractivity contribution is 0.414. The van der Waals surface area contributed by atoms with Crippen LogP contribution in [-0.2, 0) is 13.6 Å². The Hall–Kier alpha value is -1.20. The van der Waals surface area contributed by atoms with Gasteiger partial charge in [0.15, 0.2) is 0 Å². The molecular formula is C13H15BrClN3O. The average Bonchev–Trinajstić information content (AvgIpc) is 2.60. The van der Waals surface area contributed by atoms with Crippen molar-refractivity contribution in [3.05, 3.63) is 39.1 Å². The van der Waals surface area contributed by atoms with Crippen LogP contribution in [0.4, 0.5) is 5.69 Å². The molecule has 0 fully saturated rings. The largest absolute Gasteiger partial charge is 0.497 e. The molecule has 2 rings (SSSR count). The van der Waals surface area contributed by atoms with Crippen molar-refractivity contribution in [2.24, 2.45) is 7.05 Å². The summed E-state index contributed by atoms with van der Waals surface area (Å²) in [5.74, 6) is 0.797. The highest BCUT2D eigenvalue weighted by Crippen LogP contribution is 2.26. The van der Waals surface area contributed by atoms with Gasteiger partial charge < -0.3 is 10.1 Å². The minimum absolute atomic E-state index is 0.623. The predicted octanol–water partition coefficient (Wildman–Crippen LogP) is 3.77. The minimum Gasteiger partial charge on any atom is -0.497 e. The van der Waals surface area contributed by atoms with E-state index in [4.69, 9.17) is 16.3 Å². The molecule has 6 heteroatoms. The Balaban J connectivity index is 2.16. The highest BCUT2D eigenvalue weighted by Gasteiger charge is 2.10. The molecule has 0 unspecified atom stereocenters. The van der Waals surface area contributed by atoms with Crippen LogP contribution in [0.3, 0.4) is 0 Å². The molecule has 0 spiro atoms. The topological polar surface area (TPSA) is 39.1 Å². The van der Waals surface area contributed by atoms with Gasteiger partial charge in [0.25, 0.3) is 0 Å². The first-order valence-corrected chi connectivity index (χ1v) is 6.94. The summed E-state index contributed by atoms with van der Waals surface area (Å²) < 4.78 is 7.86. The summed E-state index contributed by atoms with van der Waals surface area (Å²) in [5, 5.41) is 8.27. The number of aryl methyl sites for hydroxylation is 2. The van der Waals surface area contributed by atoms with E-state index in [1.54, 1.807) is 11.8 Å². The monoisotopic (exact) mass is 343 g/mol. The molecule has 1 heterocycles. The lowest BCUT2D eigenvalue weighted by atomic mass is 10.2. The lowest BCUT2D eigenvalue weighted by Crippen LogP contribution is -2.01. The first-order chi connectivity index (χ1) is 9.01. The standard InChI is InChI=1S/C13H15BrClN3O/c1-8-12(13(15)18(2)17-8)7-16-10-4-9(14)5-11(6-10)19-3/h4-6,16H,7H2,1-3H3. The number of ether oxygens (including phenoxy) is 1. The number of benzene rings is 1. The Labute approximate surface area is 125 Å². The number of nitrogens with one attached hydrogen (secondary N) is 1. The van der Waals surface area contributed by atoms with E-state index in [9.17, 15) is 0 Å². The van der Waals surface area contributed by atoms with Crippen LogP contribution < -0.4 is 10.1 Å². The third-order valence-electron chi connectivity index (χ3n) is 2.85. The molecule has 0 saturated heterocycles. The van der Waals surface area contributed by atoms with Crippen LogP contribution >= 0.6 is 27.5 Å². The number of rotatable bonds is 4. The van der Waals surface area contributed by atoms with Crippen LogP contribution in [-0.4, -0.2) is 16.9 Å². The molecule has 102 valence electrons. The van der Waals surface area contributed by atoms with Crippen LogP contribution in [0, 0.1) is 6.92 Å². The molecule has 0 atom stereocenters. The summed E-state index contributed by atoms with van der Waals surface area (Å²) >= 11 is 9.65. The predicted molar refractivity (Wildman–Crippen MR) is 81.0 cm³/mol. The lowest BCUT2D eigenvalue weighted by Gasteiger charge is -2.09. The third-order valence-corrected chi connectivity index (χ3v) is 3.78. The minimum atomic E-state index is 0.623. The molecule has 0 aliphatic carbocycles. The van der Waals surface area contributed by atoms with E-state index in [1.807, 2.05) is 32.2 Å². The second kappa shape index (κ2) is 5.84. The molecule has 0 aliphatic rings. The van der Waals surface area contributed by atoms with Crippen LogP contribution in [0.25, 0.3) is 0 Å². The number of anilines is 1. The fourth-order valence-corrected chi connectivity index (χ4v) is 2.56. The smallest absolute Gasteiger partial charge is 0.131 e. The molecule has 1 N–H and O–H groups in total. The molecule has 0 amide bonds. The molecule has 4 nitrogen and oxygen atoms in total. The number of hydrogen-bond donors (Lipinski definition) is 1. The van der Waals surface area contributed by atoms with E-state index >= 15 is 0 Å². The second-order valence-electron chi connectivity index (χ2n) is 4.21. The van der Waals surface area contributed by atoms with E-state index in [0.717, 1.165) is 27.2 Å². The SMILES string of the molecule is COc1cc(Br)cc(NCc2c(C)nn(C)c2Cl)c1. The molecule has 2 aromatic rings. The van der Waals surface area contributed by atoms with Gasteiger partial charge in [0.05, 0.1) is 12.8 Å². The first kappa shape index (κ1) is 14.2. The highest BCUT2D eigenvalue weighted by atomic mass is 79.9. The zero-order valence-electron chi connectivity index (χ0n) is 11.0. The van der Waals surface area contributed by atoms with Crippen molar-refractivity contribution in [3.63, 3.8) is 0 Å². The first-order valence-electron chi connectivity index (χ1n) is 5.77. The molecule has 0 radical (unpaired) electrons. The molecule has 0 saturated carbocycles. The zero-order valence-corrected chi connectivity index (χ0v) is 13.3. The van der Waals surface area contributed by atoms with Gasteiger partial charge in [-0.15, -0.1) is 0 Å². The van der Waals surface area contributed by atoms with Crippen molar-refractivity contribution in [1.82, 2.24) is 9.78 Å². The van der Waals surface area contributed by atoms with Gasteiger partial charge in [-0.05, 0) is 19.1 Å². The number of nitrogens with zero attached hydrogens (tertiary/aromatic N) is 2. The number of methoxy groups -OCH3 is 1. The van der Waals surface area contributed by atoms with Crippen molar-refractivity contribution in [3.8, 4) is 5.75 Å². The molecular weight excluding hydrogens is 330 g/mol. The summed E-state index contributed by atoms with van der Waals surface area (Å²) in [6, 6.07) is 5.83. The van der Waals surface area contributed by atoms with E-state index < -0.39 is 0 Å². The Morgan fingerprint density at radius 2 is 2.16 bits per heavy atom. The normalized spacial score (nSPS) is 10.6. The Kier molecular flexibility index (Phi) is 4.37. The summed E-state index contributed by atoms with van der Waals surface area (Å²) in [6.07, 6.45) is 0. The summed E-state index contributed by atoms with van der Waals surface area (Å²) in [6.45, 7) is 2.57. The maximum absolute atomic E-state index is 6.20. The summed E-state index contributed by atoms with van der Waals surface area (Å²) in [7, 11) is 3.48. The van der Waals surface area contributed by atoms with Crippen LogP contribution in [0.2, 0.25) is 5.15 Å². The van der Waals surface area contributed by atoms with Gasteiger partial charge in [-0.1, -0.05) is 27.5 Å². The Morgan fingerprint density at radius 3 is 2.74 bits per heavy atom. The Morgan fingerprint density at radius 1 is 1.42 bits per heavy atom. The number of halogens is 2. The molecule has 0 bridgehead atoms. The maximum Gasteiger partial charge on any atom is 0.131 e. The van der Waals surface area contributed by atoms with E-state index in [2.05, 4.69) is 26.3 Å². The van der Waals surface area contributed by atoms with Crippen molar-refractivity contribution in [2.75, 3.05) is 12.4 Å². The number of aromatic nitrogens is 2. The molecule has 1 aromatic heterocycles. The summed E-state index contributed by atoms with van der Waals surface area (Å²) in [5.41, 5.74) is 2.90. The van der Waals surface area contributed by atoms with Gasteiger partial charge >= 0.3 is 0 Å². The third kappa shape index (κ3) is 3.22. The molecule has 1 aromatic carbocycles.